The van der Waals surface area contributed by atoms with Crippen LogP contribution in [0, 0.1) is 5.82 Å². The number of rotatable bonds is 6. The van der Waals surface area contributed by atoms with Crippen LogP contribution in [0.25, 0.3) is 0 Å². The monoisotopic (exact) mass is 378 g/mol. The number of aryl methyl sites for hydroxylation is 1. The fourth-order valence-electron chi connectivity index (χ4n) is 4.08. The van der Waals surface area contributed by atoms with E-state index >= 15 is 0 Å². The second-order valence-electron chi connectivity index (χ2n) is 7.53. The first kappa shape index (κ1) is 18.8. The Kier molecular flexibility index (Phi) is 5.81. The maximum atomic E-state index is 14.0. The van der Waals surface area contributed by atoms with Crippen LogP contribution in [0.5, 0.6) is 0 Å². The summed E-state index contributed by atoms with van der Waals surface area (Å²) < 4.78 is 16.2. The summed E-state index contributed by atoms with van der Waals surface area (Å²) >= 11 is 0. The minimum atomic E-state index is -0.162. The number of hydrogen-bond donors (Lipinski definition) is 0. The molecule has 0 amide bonds. The molecule has 1 aromatic carbocycles. The van der Waals surface area contributed by atoms with Crippen LogP contribution in [0.4, 0.5) is 4.39 Å². The van der Waals surface area contributed by atoms with Gasteiger partial charge >= 0.3 is 0 Å². The molecule has 5 heteroatoms. The summed E-state index contributed by atoms with van der Waals surface area (Å²) in [6.45, 7) is 6.07. The largest absolute Gasteiger partial charge is 0.334 e. The Morgan fingerprint density at radius 1 is 1.14 bits per heavy atom. The summed E-state index contributed by atoms with van der Waals surface area (Å²) in [5.41, 5.74) is 2.75. The number of piperidine rings is 1. The molecule has 0 saturated carbocycles. The van der Waals surface area contributed by atoms with E-state index in [-0.39, 0.29) is 5.82 Å². The van der Waals surface area contributed by atoms with Gasteiger partial charge in [-0.05, 0) is 50.1 Å². The van der Waals surface area contributed by atoms with Gasteiger partial charge in [-0.2, -0.15) is 0 Å². The third kappa shape index (κ3) is 4.30. The first-order valence-corrected chi connectivity index (χ1v) is 10.1. The molecule has 1 atom stereocenters. The van der Waals surface area contributed by atoms with Crippen LogP contribution in [-0.4, -0.2) is 32.5 Å². The van der Waals surface area contributed by atoms with Gasteiger partial charge in [-0.25, -0.2) is 9.37 Å². The minimum Gasteiger partial charge on any atom is -0.334 e. The van der Waals surface area contributed by atoms with E-state index in [0.717, 1.165) is 56.2 Å². The van der Waals surface area contributed by atoms with Gasteiger partial charge in [-0.1, -0.05) is 24.3 Å². The third-order valence-electron chi connectivity index (χ3n) is 5.59. The van der Waals surface area contributed by atoms with E-state index in [1.54, 1.807) is 6.07 Å². The van der Waals surface area contributed by atoms with Crippen molar-refractivity contribution in [1.82, 2.24) is 19.4 Å². The SMILES string of the molecule is CCn1ccnc1CN1CCC[C@@H](c2cccc(Cc3ccccc3F)n2)C1. The van der Waals surface area contributed by atoms with Crippen molar-refractivity contribution in [2.75, 3.05) is 13.1 Å². The summed E-state index contributed by atoms with van der Waals surface area (Å²) in [5.74, 6) is 1.38. The fraction of sp³-hybridized carbons (Fsp3) is 0.391. The number of halogens is 1. The molecule has 4 rings (SSSR count). The van der Waals surface area contributed by atoms with Crippen molar-refractivity contribution < 1.29 is 4.39 Å². The Balaban J connectivity index is 1.45. The van der Waals surface area contributed by atoms with Crippen LogP contribution in [0.2, 0.25) is 0 Å². The van der Waals surface area contributed by atoms with Crippen molar-refractivity contribution in [2.45, 2.75) is 45.2 Å². The highest BCUT2D eigenvalue weighted by Gasteiger charge is 2.23. The summed E-state index contributed by atoms with van der Waals surface area (Å²) in [7, 11) is 0. The maximum Gasteiger partial charge on any atom is 0.126 e. The van der Waals surface area contributed by atoms with Gasteiger partial charge in [-0.3, -0.25) is 9.88 Å². The van der Waals surface area contributed by atoms with Gasteiger partial charge in [-0.15, -0.1) is 0 Å². The number of pyridine rings is 1. The van der Waals surface area contributed by atoms with Crippen molar-refractivity contribution in [1.29, 1.82) is 0 Å². The molecule has 0 aliphatic carbocycles. The number of hydrogen-bond acceptors (Lipinski definition) is 3. The molecule has 0 N–H and O–H groups in total. The molecule has 0 unspecified atom stereocenters. The average molecular weight is 378 g/mol. The normalized spacial score (nSPS) is 17.7. The Morgan fingerprint density at radius 3 is 2.89 bits per heavy atom. The van der Waals surface area contributed by atoms with Gasteiger partial charge in [0.15, 0.2) is 0 Å². The summed E-state index contributed by atoms with van der Waals surface area (Å²) in [5, 5.41) is 0. The van der Waals surface area contributed by atoms with E-state index in [9.17, 15) is 4.39 Å². The Morgan fingerprint density at radius 2 is 2.04 bits per heavy atom. The summed E-state index contributed by atoms with van der Waals surface area (Å²) in [6, 6.07) is 13.1. The molecule has 1 saturated heterocycles. The Labute approximate surface area is 166 Å². The minimum absolute atomic E-state index is 0.162. The molecule has 2 aromatic heterocycles. The lowest BCUT2D eigenvalue weighted by Gasteiger charge is -2.32. The molecule has 0 bridgehead atoms. The molecule has 0 radical (unpaired) electrons. The Hall–Kier alpha value is -2.53. The van der Waals surface area contributed by atoms with Crippen LogP contribution < -0.4 is 0 Å². The lowest BCUT2D eigenvalue weighted by Crippen LogP contribution is -2.35. The van der Waals surface area contributed by atoms with Crippen molar-refractivity contribution in [2.24, 2.45) is 0 Å². The van der Waals surface area contributed by atoms with E-state index in [1.165, 1.54) is 6.07 Å². The lowest BCUT2D eigenvalue weighted by atomic mass is 9.94. The highest BCUT2D eigenvalue weighted by Crippen LogP contribution is 2.27. The van der Waals surface area contributed by atoms with E-state index < -0.39 is 0 Å². The van der Waals surface area contributed by atoms with Gasteiger partial charge in [0.2, 0.25) is 0 Å². The number of nitrogens with zero attached hydrogens (tertiary/aromatic N) is 4. The molecule has 4 nitrogen and oxygen atoms in total. The second-order valence-corrected chi connectivity index (χ2v) is 7.53. The first-order valence-electron chi connectivity index (χ1n) is 10.1. The van der Waals surface area contributed by atoms with Gasteiger partial charge in [0.1, 0.15) is 11.6 Å². The molecule has 3 heterocycles. The molecule has 28 heavy (non-hydrogen) atoms. The molecule has 1 aliphatic heterocycles. The molecular formula is C23H27FN4. The molecule has 146 valence electrons. The smallest absolute Gasteiger partial charge is 0.126 e. The molecule has 3 aromatic rings. The second kappa shape index (κ2) is 8.65. The quantitative estimate of drug-likeness (QED) is 0.637. The zero-order valence-electron chi connectivity index (χ0n) is 16.4. The molecule has 1 fully saturated rings. The van der Waals surface area contributed by atoms with E-state index in [4.69, 9.17) is 4.98 Å². The van der Waals surface area contributed by atoms with E-state index in [0.29, 0.717) is 17.9 Å². The van der Waals surface area contributed by atoms with Crippen molar-refractivity contribution >= 4 is 0 Å². The van der Waals surface area contributed by atoms with Gasteiger partial charge < -0.3 is 4.57 Å². The lowest BCUT2D eigenvalue weighted by molar-refractivity contribution is 0.192. The van der Waals surface area contributed by atoms with Crippen LogP contribution in [0.1, 0.15) is 48.5 Å². The van der Waals surface area contributed by atoms with Gasteiger partial charge in [0, 0.05) is 49.2 Å². The maximum absolute atomic E-state index is 14.0. The predicted molar refractivity (Wildman–Crippen MR) is 109 cm³/mol. The molecular weight excluding hydrogens is 351 g/mol. The van der Waals surface area contributed by atoms with Crippen molar-refractivity contribution in [3.63, 3.8) is 0 Å². The number of aromatic nitrogens is 3. The molecule has 1 aliphatic rings. The van der Waals surface area contributed by atoms with E-state index in [2.05, 4.69) is 33.5 Å². The zero-order chi connectivity index (χ0) is 19.3. The highest BCUT2D eigenvalue weighted by molar-refractivity contribution is 5.25. The highest BCUT2D eigenvalue weighted by atomic mass is 19.1. The van der Waals surface area contributed by atoms with Crippen molar-refractivity contribution in [3.8, 4) is 0 Å². The summed E-state index contributed by atoms with van der Waals surface area (Å²) in [6.07, 6.45) is 6.77. The van der Waals surface area contributed by atoms with Crippen molar-refractivity contribution in [3.05, 3.63) is 83.5 Å². The average Bonchev–Trinajstić information content (AvgIpc) is 3.17. The standard InChI is InChI=1S/C23H27FN4/c1-2-28-14-12-25-23(28)17-27-13-6-8-19(16-27)22-11-5-9-20(26-22)15-18-7-3-4-10-21(18)24/h3-5,7,9-12,14,19H,2,6,8,13,15-17H2,1H3/t19-/m1/s1. The Bertz CT molecular complexity index is 920. The van der Waals surface area contributed by atoms with Crippen LogP contribution in [-0.2, 0) is 19.5 Å². The van der Waals surface area contributed by atoms with Crippen LogP contribution in [0.3, 0.4) is 0 Å². The third-order valence-corrected chi connectivity index (χ3v) is 5.59. The topological polar surface area (TPSA) is 34.0 Å². The number of benzene rings is 1. The van der Waals surface area contributed by atoms with Gasteiger partial charge in [0.25, 0.3) is 0 Å². The fourth-order valence-corrected chi connectivity index (χ4v) is 4.08. The number of likely N-dealkylation sites (tertiary alicyclic amines) is 1. The number of imidazole rings is 1. The molecule has 0 spiro atoms. The van der Waals surface area contributed by atoms with E-state index in [1.807, 2.05) is 30.6 Å². The zero-order valence-corrected chi connectivity index (χ0v) is 16.4. The first-order chi connectivity index (χ1) is 13.7. The predicted octanol–water partition coefficient (Wildman–Crippen LogP) is 4.41. The van der Waals surface area contributed by atoms with Crippen LogP contribution in [0.15, 0.2) is 54.9 Å². The van der Waals surface area contributed by atoms with Crippen LogP contribution >= 0.6 is 0 Å². The summed E-state index contributed by atoms with van der Waals surface area (Å²) in [4.78, 5) is 11.9. The van der Waals surface area contributed by atoms with Gasteiger partial charge in [0.05, 0.1) is 6.54 Å².